The van der Waals surface area contributed by atoms with Gasteiger partial charge in [0.2, 0.25) is 0 Å². The van der Waals surface area contributed by atoms with Crippen LogP contribution >= 0.6 is 15.9 Å². The number of nitrogens with zero attached hydrogens (tertiary/aromatic N) is 1. The molecule has 1 saturated heterocycles. The Morgan fingerprint density at radius 3 is 2.71 bits per heavy atom. The Hall–Kier alpha value is -2.74. The summed E-state index contributed by atoms with van der Waals surface area (Å²) in [4.78, 5) is 28.0. The smallest absolute Gasteiger partial charge is 0.410 e. The molecule has 0 radical (unpaired) electrons. The third-order valence-electron chi connectivity index (χ3n) is 9.24. The van der Waals surface area contributed by atoms with Gasteiger partial charge in [0.25, 0.3) is 0 Å². The Labute approximate surface area is 252 Å². The van der Waals surface area contributed by atoms with Crippen LogP contribution in [0.5, 0.6) is 5.75 Å². The highest BCUT2D eigenvalue weighted by molar-refractivity contribution is 9.10. The minimum Gasteiger partial charge on any atom is -0.491 e. The molecule has 0 spiro atoms. The van der Waals surface area contributed by atoms with Crippen LogP contribution in [-0.2, 0) is 32.7 Å². The van der Waals surface area contributed by atoms with Gasteiger partial charge in [-0.25, -0.2) is 9.59 Å². The molecule has 7 nitrogen and oxygen atoms in total. The molecule has 2 bridgehead atoms. The summed E-state index contributed by atoms with van der Waals surface area (Å²) in [6, 6.07) is 11.6. The molecule has 222 valence electrons. The Morgan fingerprint density at radius 2 is 1.95 bits per heavy atom. The second kappa shape index (κ2) is 13.1. The lowest BCUT2D eigenvalue weighted by atomic mass is 9.52. The van der Waals surface area contributed by atoms with Crippen molar-refractivity contribution >= 4 is 33.7 Å². The van der Waals surface area contributed by atoms with Crippen molar-refractivity contribution in [3.63, 3.8) is 0 Å². The lowest BCUT2D eigenvalue weighted by molar-refractivity contribution is -0.143. The Kier molecular flexibility index (Phi) is 9.47. The van der Waals surface area contributed by atoms with Crippen molar-refractivity contribution in [1.82, 2.24) is 4.90 Å². The molecule has 1 aliphatic heterocycles. The summed E-state index contributed by atoms with van der Waals surface area (Å²) >= 11 is 3.95. The van der Waals surface area contributed by atoms with E-state index in [2.05, 4.69) is 34.2 Å². The molecule has 1 unspecified atom stereocenters. The van der Waals surface area contributed by atoms with Gasteiger partial charge in [-0.1, -0.05) is 56.5 Å². The number of carbonyl (C=O) groups excluding carboxylic acids is 2. The van der Waals surface area contributed by atoms with E-state index in [1.54, 1.807) is 0 Å². The van der Waals surface area contributed by atoms with E-state index < -0.39 is 6.04 Å². The summed E-state index contributed by atoms with van der Waals surface area (Å²) in [6.07, 6.45) is 8.00. The molecular formula is C33H43BrN2O5. The SMILES string of the molecule is CCCCOc1cc2c(c(Br)c1NC(C)C(=O)OCC)C[C@H]1[C@H]3CCCC[C@@]23CCN1C(=O)OCc1ccccc1. The van der Waals surface area contributed by atoms with E-state index in [0.29, 0.717) is 25.7 Å². The van der Waals surface area contributed by atoms with Crippen molar-refractivity contribution in [3.8, 4) is 5.75 Å². The molecule has 1 amide bonds. The number of likely N-dealkylation sites (tertiary alicyclic amines) is 1. The summed E-state index contributed by atoms with van der Waals surface area (Å²) in [5.41, 5.74) is 4.33. The fourth-order valence-electron chi connectivity index (χ4n) is 7.23. The average Bonchev–Trinajstić information content (AvgIpc) is 2.99. The first-order chi connectivity index (χ1) is 19.9. The fourth-order valence-corrected chi connectivity index (χ4v) is 7.91. The normalized spacial score (nSPS) is 23.6. The van der Waals surface area contributed by atoms with E-state index in [-0.39, 0.29) is 30.1 Å². The Morgan fingerprint density at radius 1 is 1.15 bits per heavy atom. The quantitative estimate of drug-likeness (QED) is 0.219. The van der Waals surface area contributed by atoms with Gasteiger partial charge in [-0.15, -0.1) is 0 Å². The van der Waals surface area contributed by atoms with Gasteiger partial charge in [-0.3, -0.25) is 0 Å². The molecule has 4 atom stereocenters. The van der Waals surface area contributed by atoms with E-state index in [4.69, 9.17) is 14.2 Å². The maximum absolute atomic E-state index is 13.5. The van der Waals surface area contributed by atoms with Crippen molar-refractivity contribution in [2.75, 3.05) is 25.1 Å². The molecular weight excluding hydrogens is 584 g/mol. The molecule has 2 aliphatic carbocycles. The molecule has 5 rings (SSSR count). The zero-order chi connectivity index (χ0) is 29.0. The van der Waals surface area contributed by atoms with Crippen molar-refractivity contribution in [2.24, 2.45) is 5.92 Å². The van der Waals surface area contributed by atoms with Gasteiger partial charge in [0, 0.05) is 22.5 Å². The van der Waals surface area contributed by atoms with Crippen molar-refractivity contribution < 1.29 is 23.8 Å². The fraction of sp³-hybridized carbons (Fsp3) is 0.576. The molecule has 2 aromatic rings. The van der Waals surface area contributed by atoms with Crippen molar-refractivity contribution in [2.45, 2.75) is 96.2 Å². The number of unbranched alkanes of at least 4 members (excludes halogenated alkanes) is 1. The minimum absolute atomic E-state index is 0.00336. The van der Waals surface area contributed by atoms with Gasteiger partial charge < -0.3 is 24.4 Å². The number of halogens is 1. The first kappa shape index (κ1) is 29.7. The van der Waals surface area contributed by atoms with Gasteiger partial charge in [-0.05, 0) is 90.6 Å². The van der Waals surface area contributed by atoms with Crippen LogP contribution in [0.4, 0.5) is 10.5 Å². The number of hydrogen-bond donors (Lipinski definition) is 1. The number of hydrogen-bond acceptors (Lipinski definition) is 6. The minimum atomic E-state index is -0.536. The molecule has 41 heavy (non-hydrogen) atoms. The molecule has 3 aliphatic rings. The van der Waals surface area contributed by atoms with Crippen LogP contribution in [-0.4, -0.2) is 48.8 Å². The van der Waals surface area contributed by atoms with Gasteiger partial charge in [0.1, 0.15) is 18.4 Å². The average molecular weight is 628 g/mol. The third kappa shape index (κ3) is 5.95. The second-order valence-electron chi connectivity index (χ2n) is 11.7. The van der Waals surface area contributed by atoms with Crippen LogP contribution in [0.15, 0.2) is 40.9 Å². The van der Waals surface area contributed by atoms with E-state index in [0.717, 1.165) is 60.0 Å². The summed E-state index contributed by atoms with van der Waals surface area (Å²) in [5, 5.41) is 3.40. The summed E-state index contributed by atoms with van der Waals surface area (Å²) in [5.74, 6) is 0.864. The number of esters is 1. The second-order valence-corrected chi connectivity index (χ2v) is 12.5. The summed E-state index contributed by atoms with van der Waals surface area (Å²) in [7, 11) is 0. The molecule has 8 heteroatoms. The van der Waals surface area contributed by atoms with E-state index >= 15 is 0 Å². The predicted molar refractivity (Wildman–Crippen MR) is 163 cm³/mol. The van der Waals surface area contributed by atoms with E-state index in [1.807, 2.05) is 49.1 Å². The Balaban J connectivity index is 1.49. The van der Waals surface area contributed by atoms with Crippen LogP contribution in [0.1, 0.15) is 82.4 Å². The number of anilines is 1. The third-order valence-corrected chi connectivity index (χ3v) is 10.1. The van der Waals surface area contributed by atoms with Crippen LogP contribution in [0.2, 0.25) is 0 Å². The molecule has 2 aromatic carbocycles. The Bertz CT molecular complexity index is 1240. The maximum atomic E-state index is 13.5. The molecule has 2 fully saturated rings. The molecule has 1 N–H and O–H groups in total. The lowest BCUT2D eigenvalue weighted by Crippen LogP contribution is -2.62. The standard InChI is InChI=1S/C33H43BrN2O5/c1-4-6-18-40-28-20-26-24(29(34)30(28)35-22(3)31(37)39-5-2)19-27-25-14-10-11-15-33(25,26)16-17-36(27)32(38)41-21-23-12-8-7-9-13-23/h7-9,12-13,20,22,25,27,35H,4-6,10-11,14-19,21H2,1-3H3/t22?,25-,27+,33+/m1/s1. The number of carbonyl (C=O) groups is 2. The number of benzene rings is 2. The van der Waals surface area contributed by atoms with Crippen molar-refractivity contribution in [1.29, 1.82) is 0 Å². The molecule has 0 aromatic heterocycles. The van der Waals surface area contributed by atoms with Crippen LogP contribution < -0.4 is 10.1 Å². The van der Waals surface area contributed by atoms with E-state index in [9.17, 15) is 9.59 Å². The van der Waals surface area contributed by atoms with Crippen LogP contribution in [0, 0.1) is 5.92 Å². The number of rotatable bonds is 10. The van der Waals surface area contributed by atoms with Crippen LogP contribution in [0.3, 0.4) is 0 Å². The highest BCUT2D eigenvalue weighted by atomic mass is 79.9. The molecule has 1 saturated carbocycles. The molecule has 1 heterocycles. The maximum Gasteiger partial charge on any atom is 0.410 e. The number of fused-ring (bicyclic) bond motifs is 1. The zero-order valence-electron chi connectivity index (χ0n) is 24.5. The monoisotopic (exact) mass is 626 g/mol. The van der Waals surface area contributed by atoms with Crippen LogP contribution in [0.25, 0.3) is 0 Å². The first-order valence-corrected chi connectivity index (χ1v) is 16.1. The van der Waals surface area contributed by atoms with Gasteiger partial charge in [0.15, 0.2) is 0 Å². The summed E-state index contributed by atoms with van der Waals surface area (Å²) in [6.45, 7) is 7.69. The topological polar surface area (TPSA) is 77.1 Å². The number of amides is 1. The number of nitrogens with one attached hydrogen (secondary N) is 1. The lowest BCUT2D eigenvalue weighted by Gasteiger charge is -2.58. The van der Waals surface area contributed by atoms with Crippen molar-refractivity contribution in [3.05, 3.63) is 57.6 Å². The predicted octanol–water partition coefficient (Wildman–Crippen LogP) is 7.39. The highest BCUT2D eigenvalue weighted by Gasteiger charge is 2.56. The number of piperidine rings is 1. The van der Waals surface area contributed by atoms with Gasteiger partial charge in [0.05, 0.1) is 18.9 Å². The highest BCUT2D eigenvalue weighted by Crippen LogP contribution is 2.58. The zero-order valence-corrected chi connectivity index (χ0v) is 26.1. The first-order valence-electron chi connectivity index (χ1n) is 15.3. The van der Waals surface area contributed by atoms with Gasteiger partial charge >= 0.3 is 12.1 Å². The largest absolute Gasteiger partial charge is 0.491 e. The van der Waals surface area contributed by atoms with E-state index in [1.165, 1.54) is 24.0 Å². The van der Waals surface area contributed by atoms with Gasteiger partial charge in [-0.2, -0.15) is 0 Å². The summed E-state index contributed by atoms with van der Waals surface area (Å²) < 4.78 is 18.4. The number of ether oxygens (including phenoxy) is 3.